The fraction of sp³-hybridized carbons (Fsp3) is 0.235. The van der Waals surface area contributed by atoms with E-state index in [0.29, 0.717) is 11.6 Å². The van der Waals surface area contributed by atoms with E-state index in [-0.39, 0.29) is 12.0 Å². The van der Waals surface area contributed by atoms with Gasteiger partial charge in [0.15, 0.2) is 6.17 Å². The standard InChI is InChI=1S/C17H17ClN2O2/c1-2-22-17(21)16-19-14-9-8-12(18)10-13(14)15(20-16)11-6-4-3-5-7-11/h3-10,15-16,19-20H,2H2,1H3. The normalized spacial score (nSPS) is 19.9. The average Bonchev–Trinajstić information content (AvgIpc) is 2.55. The molecule has 22 heavy (non-hydrogen) atoms. The van der Waals surface area contributed by atoms with Crippen LogP contribution in [0, 0.1) is 0 Å². The summed E-state index contributed by atoms with van der Waals surface area (Å²) in [6.07, 6.45) is -0.584. The molecule has 1 aliphatic rings. The van der Waals surface area contributed by atoms with Gasteiger partial charge < -0.3 is 10.1 Å². The van der Waals surface area contributed by atoms with Crippen molar-refractivity contribution in [2.45, 2.75) is 19.1 Å². The van der Waals surface area contributed by atoms with Gasteiger partial charge in [0.2, 0.25) is 0 Å². The van der Waals surface area contributed by atoms with Crippen LogP contribution in [0.3, 0.4) is 0 Å². The molecule has 0 aromatic heterocycles. The quantitative estimate of drug-likeness (QED) is 0.853. The smallest absolute Gasteiger partial charge is 0.343 e. The first kappa shape index (κ1) is 14.9. The molecular formula is C17H17ClN2O2. The third-order valence-corrected chi connectivity index (χ3v) is 3.85. The zero-order valence-corrected chi connectivity index (χ0v) is 12.9. The fourth-order valence-electron chi connectivity index (χ4n) is 2.63. The summed E-state index contributed by atoms with van der Waals surface area (Å²) in [7, 11) is 0. The van der Waals surface area contributed by atoms with Gasteiger partial charge in [0, 0.05) is 10.7 Å². The van der Waals surface area contributed by atoms with Gasteiger partial charge in [-0.05, 0) is 36.2 Å². The van der Waals surface area contributed by atoms with E-state index < -0.39 is 6.17 Å². The van der Waals surface area contributed by atoms with Crippen LogP contribution in [-0.4, -0.2) is 18.7 Å². The molecule has 1 heterocycles. The van der Waals surface area contributed by atoms with E-state index in [0.717, 1.165) is 16.8 Å². The Bertz CT molecular complexity index is 676. The molecule has 2 N–H and O–H groups in total. The van der Waals surface area contributed by atoms with Crippen molar-refractivity contribution < 1.29 is 9.53 Å². The lowest BCUT2D eigenvalue weighted by Gasteiger charge is -2.33. The Balaban J connectivity index is 2.00. The number of halogens is 1. The van der Waals surface area contributed by atoms with Crippen molar-refractivity contribution >= 4 is 23.3 Å². The SMILES string of the molecule is CCOC(=O)C1Nc2ccc(Cl)cc2C(c2ccccc2)N1. The van der Waals surface area contributed by atoms with Gasteiger partial charge in [0.25, 0.3) is 0 Å². The lowest BCUT2D eigenvalue weighted by Crippen LogP contribution is -2.49. The van der Waals surface area contributed by atoms with Crippen LogP contribution in [-0.2, 0) is 9.53 Å². The second-order valence-electron chi connectivity index (χ2n) is 5.07. The molecule has 0 saturated heterocycles. The monoisotopic (exact) mass is 316 g/mol. The number of benzene rings is 2. The van der Waals surface area contributed by atoms with Crippen molar-refractivity contribution in [2.24, 2.45) is 0 Å². The van der Waals surface area contributed by atoms with Crippen LogP contribution < -0.4 is 10.6 Å². The van der Waals surface area contributed by atoms with E-state index >= 15 is 0 Å². The summed E-state index contributed by atoms with van der Waals surface area (Å²) < 4.78 is 5.11. The second kappa shape index (κ2) is 6.38. The van der Waals surface area contributed by atoms with Crippen molar-refractivity contribution in [1.82, 2.24) is 5.32 Å². The summed E-state index contributed by atoms with van der Waals surface area (Å²) in [4.78, 5) is 12.1. The van der Waals surface area contributed by atoms with Crippen LogP contribution in [0.5, 0.6) is 0 Å². The number of rotatable bonds is 3. The molecule has 4 nitrogen and oxygen atoms in total. The highest BCUT2D eigenvalue weighted by atomic mass is 35.5. The maximum atomic E-state index is 12.1. The number of ether oxygens (including phenoxy) is 1. The van der Waals surface area contributed by atoms with Gasteiger partial charge in [0.05, 0.1) is 12.6 Å². The zero-order valence-electron chi connectivity index (χ0n) is 12.2. The van der Waals surface area contributed by atoms with Gasteiger partial charge in [-0.15, -0.1) is 0 Å². The van der Waals surface area contributed by atoms with Gasteiger partial charge in [-0.1, -0.05) is 41.9 Å². The van der Waals surface area contributed by atoms with E-state index in [2.05, 4.69) is 10.6 Å². The minimum absolute atomic E-state index is 0.120. The lowest BCUT2D eigenvalue weighted by atomic mass is 9.94. The Morgan fingerprint density at radius 3 is 2.73 bits per heavy atom. The fourth-order valence-corrected chi connectivity index (χ4v) is 2.81. The zero-order chi connectivity index (χ0) is 15.5. The molecule has 0 amide bonds. The summed E-state index contributed by atoms with van der Waals surface area (Å²) in [5.74, 6) is -0.316. The van der Waals surface area contributed by atoms with Gasteiger partial charge in [-0.25, -0.2) is 4.79 Å². The Kier molecular flexibility index (Phi) is 4.32. The number of nitrogens with one attached hydrogen (secondary N) is 2. The van der Waals surface area contributed by atoms with Crippen LogP contribution >= 0.6 is 11.6 Å². The van der Waals surface area contributed by atoms with Crippen molar-refractivity contribution in [1.29, 1.82) is 0 Å². The van der Waals surface area contributed by atoms with E-state index in [1.807, 2.05) is 48.5 Å². The number of anilines is 1. The van der Waals surface area contributed by atoms with E-state index in [9.17, 15) is 4.79 Å². The molecule has 1 aliphatic heterocycles. The Hall–Kier alpha value is -2.04. The van der Waals surface area contributed by atoms with Crippen molar-refractivity contribution in [2.75, 3.05) is 11.9 Å². The third-order valence-electron chi connectivity index (χ3n) is 3.61. The van der Waals surface area contributed by atoms with Crippen molar-refractivity contribution in [3.8, 4) is 0 Å². The van der Waals surface area contributed by atoms with Crippen LogP contribution in [0.2, 0.25) is 5.02 Å². The highest BCUT2D eigenvalue weighted by molar-refractivity contribution is 6.30. The molecule has 114 valence electrons. The molecule has 5 heteroatoms. The molecule has 3 rings (SSSR count). The highest BCUT2D eigenvalue weighted by Crippen LogP contribution is 2.34. The lowest BCUT2D eigenvalue weighted by molar-refractivity contribution is -0.145. The molecular weight excluding hydrogens is 300 g/mol. The maximum Gasteiger partial charge on any atom is 0.343 e. The van der Waals surface area contributed by atoms with Gasteiger partial charge in [0.1, 0.15) is 0 Å². The van der Waals surface area contributed by atoms with Crippen LogP contribution in [0.15, 0.2) is 48.5 Å². The molecule has 0 spiro atoms. The van der Waals surface area contributed by atoms with Gasteiger partial charge >= 0.3 is 5.97 Å². The molecule has 0 fully saturated rings. The topological polar surface area (TPSA) is 50.4 Å². The first-order chi connectivity index (χ1) is 10.7. The minimum atomic E-state index is -0.584. The molecule has 0 saturated carbocycles. The first-order valence-corrected chi connectivity index (χ1v) is 7.60. The number of hydrogen-bond donors (Lipinski definition) is 2. The summed E-state index contributed by atoms with van der Waals surface area (Å²) in [5, 5.41) is 7.12. The van der Waals surface area contributed by atoms with Gasteiger partial charge in [-0.2, -0.15) is 0 Å². The molecule has 2 aromatic rings. The summed E-state index contributed by atoms with van der Waals surface area (Å²) in [5.41, 5.74) is 2.97. The molecule has 0 radical (unpaired) electrons. The van der Waals surface area contributed by atoms with E-state index in [4.69, 9.17) is 16.3 Å². The number of carbonyl (C=O) groups excluding carboxylic acids is 1. The Morgan fingerprint density at radius 2 is 2.00 bits per heavy atom. The first-order valence-electron chi connectivity index (χ1n) is 7.22. The molecule has 2 unspecified atom stereocenters. The Morgan fingerprint density at radius 1 is 1.23 bits per heavy atom. The van der Waals surface area contributed by atoms with E-state index in [1.54, 1.807) is 6.92 Å². The second-order valence-corrected chi connectivity index (χ2v) is 5.51. The van der Waals surface area contributed by atoms with Crippen molar-refractivity contribution in [3.63, 3.8) is 0 Å². The van der Waals surface area contributed by atoms with Gasteiger partial charge in [-0.3, -0.25) is 5.32 Å². The third kappa shape index (κ3) is 2.93. The average molecular weight is 317 g/mol. The number of fused-ring (bicyclic) bond motifs is 1. The minimum Gasteiger partial charge on any atom is -0.463 e. The summed E-state index contributed by atoms with van der Waals surface area (Å²) in [6, 6.07) is 15.5. The molecule has 0 aliphatic carbocycles. The molecule has 2 atom stereocenters. The van der Waals surface area contributed by atoms with Crippen LogP contribution in [0.25, 0.3) is 0 Å². The molecule has 2 aromatic carbocycles. The number of hydrogen-bond acceptors (Lipinski definition) is 4. The van der Waals surface area contributed by atoms with Crippen LogP contribution in [0.1, 0.15) is 24.1 Å². The summed E-state index contributed by atoms with van der Waals surface area (Å²) in [6.45, 7) is 2.14. The molecule has 0 bridgehead atoms. The van der Waals surface area contributed by atoms with Crippen LogP contribution in [0.4, 0.5) is 5.69 Å². The maximum absolute atomic E-state index is 12.1. The Labute approximate surface area is 134 Å². The van der Waals surface area contributed by atoms with E-state index in [1.165, 1.54) is 0 Å². The van der Waals surface area contributed by atoms with Crippen molar-refractivity contribution in [3.05, 3.63) is 64.7 Å². The highest BCUT2D eigenvalue weighted by Gasteiger charge is 2.31. The number of esters is 1. The largest absolute Gasteiger partial charge is 0.463 e. The summed E-state index contributed by atoms with van der Waals surface area (Å²) >= 11 is 6.13. The predicted octanol–water partition coefficient (Wildman–Crippen LogP) is 3.33. The number of carbonyl (C=O) groups is 1. The predicted molar refractivity (Wildman–Crippen MR) is 86.9 cm³/mol.